The van der Waals surface area contributed by atoms with Crippen molar-refractivity contribution < 1.29 is 0 Å². The van der Waals surface area contributed by atoms with E-state index < -0.39 is 0 Å². The molecule has 1 aliphatic heterocycles. The van der Waals surface area contributed by atoms with Gasteiger partial charge in [-0.05, 0) is 38.0 Å². The summed E-state index contributed by atoms with van der Waals surface area (Å²) in [5.74, 6) is 1.99. The molecule has 0 fully saturated rings. The fraction of sp³-hybridized carbons (Fsp3) is 0.360. The number of nitrogens with two attached hydrogens (primary N) is 1. The van der Waals surface area contributed by atoms with Crippen molar-refractivity contribution in [2.75, 3.05) is 13.1 Å². The van der Waals surface area contributed by atoms with Crippen LogP contribution in [0.25, 0.3) is 11.0 Å². The molecule has 166 valence electrons. The van der Waals surface area contributed by atoms with Gasteiger partial charge in [-0.25, -0.2) is 4.98 Å². The van der Waals surface area contributed by atoms with Crippen LogP contribution in [0.15, 0.2) is 77.1 Å². The number of hydrogen-bond acceptors (Lipinski definition) is 6. The average molecular weight is 430 g/mol. The van der Waals surface area contributed by atoms with E-state index in [1.807, 2.05) is 24.3 Å². The van der Waals surface area contributed by atoms with Crippen LogP contribution in [0.3, 0.4) is 0 Å². The van der Waals surface area contributed by atoms with E-state index in [4.69, 9.17) is 15.7 Å². The summed E-state index contributed by atoms with van der Waals surface area (Å²) in [6.07, 6.45) is 14.6. The molecule has 1 aromatic heterocycles. The second kappa shape index (κ2) is 9.04. The quantitative estimate of drug-likeness (QED) is 0.518. The third-order valence-corrected chi connectivity index (χ3v) is 6.09. The standard InChI is InChI=1S/C25H31N7/c1-17(27-19-9-3-2-8-18(19)26)14-32(15-24-28-20-10-4-5-11-21(20)29-24)16-25-30-22-12-6-7-13-23(22)31-25/h2,4-8,10-13,17,20-21,27H,3,9,14-16,26H2,1H3,(H,28,29)(H,30,31). The summed E-state index contributed by atoms with van der Waals surface area (Å²) in [6, 6.07) is 8.86. The summed E-state index contributed by atoms with van der Waals surface area (Å²) < 4.78 is 0. The van der Waals surface area contributed by atoms with Crippen LogP contribution in [0, 0.1) is 0 Å². The lowest BCUT2D eigenvalue weighted by Gasteiger charge is -2.28. The van der Waals surface area contributed by atoms with E-state index in [1.54, 1.807) is 0 Å². The van der Waals surface area contributed by atoms with Gasteiger partial charge < -0.3 is 21.4 Å². The Balaban J connectivity index is 1.31. The zero-order valence-corrected chi connectivity index (χ0v) is 18.5. The van der Waals surface area contributed by atoms with Crippen LogP contribution in [0.1, 0.15) is 25.6 Å². The number of benzene rings is 1. The number of aliphatic imine (C=N–C) groups is 1. The molecule has 3 atom stereocenters. The Hall–Kier alpha value is -3.32. The van der Waals surface area contributed by atoms with Crippen LogP contribution in [-0.2, 0) is 6.54 Å². The molecule has 0 saturated carbocycles. The van der Waals surface area contributed by atoms with Crippen LogP contribution in [-0.4, -0.2) is 51.9 Å². The summed E-state index contributed by atoms with van der Waals surface area (Å²) in [7, 11) is 0. The number of nitrogens with one attached hydrogen (secondary N) is 3. The second-order valence-electron chi connectivity index (χ2n) is 8.80. The van der Waals surface area contributed by atoms with Gasteiger partial charge in [-0.15, -0.1) is 0 Å². The smallest absolute Gasteiger partial charge is 0.121 e. The fourth-order valence-electron chi connectivity index (χ4n) is 4.61. The minimum absolute atomic E-state index is 0.192. The molecule has 5 N–H and O–H groups in total. The van der Waals surface area contributed by atoms with Gasteiger partial charge in [0.25, 0.3) is 0 Å². The van der Waals surface area contributed by atoms with Crippen LogP contribution < -0.4 is 16.4 Å². The average Bonchev–Trinajstić information content (AvgIpc) is 3.37. The van der Waals surface area contributed by atoms with Gasteiger partial charge in [-0.3, -0.25) is 9.89 Å². The number of rotatable bonds is 8. The second-order valence-corrected chi connectivity index (χ2v) is 8.80. The molecule has 7 heteroatoms. The maximum absolute atomic E-state index is 6.18. The number of aromatic amines is 1. The zero-order chi connectivity index (χ0) is 21.9. The number of hydrogen-bond donors (Lipinski definition) is 4. The van der Waals surface area contributed by atoms with Gasteiger partial charge in [0.1, 0.15) is 11.7 Å². The molecular formula is C25H31N7. The molecule has 7 nitrogen and oxygen atoms in total. The Morgan fingerprint density at radius 3 is 2.94 bits per heavy atom. The van der Waals surface area contributed by atoms with Crippen LogP contribution in [0.2, 0.25) is 0 Å². The van der Waals surface area contributed by atoms with E-state index in [-0.39, 0.29) is 18.1 Å². The number of aromatic nitrogens is 2. The van der Waals surface area contributed by atoms with Gasteiger partial charge >= 0.3 is 0 Å². The molecular weight excluding hydrogens is 398 g/mol. The van der Waals surface area contributed by atoms with E-state index in [1.165, 1.54) is 0 Å². The molecule has 2 aliphatic carbocycles. The van der Waals surface area contributed by atoms with Crippen molar-refractivity contribution >= 4 is 16.9 Å². The Kier molecular flexibility index (Phi) is 5.81. The number of nitrogens with zero attached hydrogens (tertiary/aromatic N) is 3. The van der Waals surface area contributed by atoms with E-state index in [2.05, 4.69) is 63.9 Å². The molecule has 0 radical (unpaired) electrons. The van der Waals surface area contributed by atoms with Crippen molar-refractivity contribution in [1.29, 1.82) is 0 Å². The molecule has 3 unspecified atom stereocenters. The van der Waals surface area contributed by atoms with E-state index in [0.29, 0.717) is 0 Å². The summed E-state index contributed by atoms with van der Waals surface area (Å²) in [5, 5.41) is 7.21. The predicted molar refractivity (Wildman–Crippen MR) is 130 cm³/mol. The van der Waals surface area contributed by atoms with E-state index in [9.17, 15) is 0 Å². The third kappa shape index (κ3) is 4.62. The number of H-pyrrole nitrogens is 1. The minimum Gasteiger partial charge on any atom is -0.397 e. The molecule has 0 spiro atoms. The number of para-hydroxylation sites is 2. The van der Waals surface area contributed by atoms with Gasteiger partial charge in [-0.2, -0.15) is 0 Å². The molecule has 2 heterocycles. The largest absolute Gasteiger partial charge is 0.397 e. The first-order valence-corrected chi connectivity index (χ1v) is 11.4. The predicted octanol–water partition coefficient (Wildman–Crippen LogP) is 2.73. The topological polar surface area (TPSA) is 94.4 Å². The number of imidazole rings is 1. The molecule has 0 saturated heterocycles. The lowest BCUT2D eigenvalue weighted by molar-refractivity contribution is 0.268. The normalized spacial score (nSPS) is 22.9. The first-order chi connectivity index (χ1) is 15.6. The van der Waals surface area contributed by atoms with Gasteiger partial charge in [0, 0.05) is 18.3 Å². The lowest BCUT2D eigenvalue weighted by Crippen LogP contribution is -2.44. The number of fused-ring (bicyclic) bond motifs is 2. The monoisotopic (exact) mass is 429 g/mol. The molecule has 0 bridgehead atoms. The van der Waals surface area contributed by atoms with Crippen molar-refractivity contribution in [3.8, 4) is 0 Å². The van der Waals surface area contributed by atoms with E-state index >= 15 is 0 Å². The van der Waals surface area contributed by atoms with Crippen molar-refractivity contribution in [2.24, 2.45) is 10.7 Å². The number of amidine groups is 1. The molecule has 2 aromatic rings. The Bertz CT molecular complexity index is 1090. The maximum atomic E-state index is 6.18. The molecule has 0 amide bonds. The first-order valence-electron chi connectivity index (χ1n) is 11.4. The fourth-order valence-corrected chi connectivity index (χ4v) is 4.61. The van der Waals surface area contributed by atoms with Crippen molar-refractivity contribution in [3.05, 3.63) is 77.9 Å². The van der Waals surface area contributed by atoms with Crippen LogP contribution in [0.5, 0.6) is 0 Å². The van der Waals surface area contributed by atoms with Crippen molar-refractivity contribution in [3.63, 3.8) is 0 Å². The Morgan fingerprint density at radius 2 is 2.09 bits per heavy atom. The summed E-state index contributed by atoms with van der Waals surface area (Å²) >= 11 is 0. The SMILES string of the molecule is CC(CN(CC1=NC2C=CC=CC2N1)Cc1nc2ccccc2[nH]1)NC1=C(N)C=CCC1. The van der Waals surface area contributed by atoms with Crippen molar-refractivity contribution in [1.82, 2.24) is 25.5 Å². The van der Waals surface area contributed by atoms with Gasteiger partial charge in [0.05, 0.1) is 41.9 Å². The zero-order valence-electron chi connectivity index (χ0n) is 18.5. The van der Waals surface area contributed by atoms with E-state index in [0.717, 1.165) is 66.6 Å². The highest BCUT2D eigenvalue weighted by Gasteiger charge is 2.27. The Labute approximate surface area is 188 Å². The summed E-state index contributed by atoms with van der Waals surface area (Å²) in [6.45, 7) is 4.52. The molecule has 1 aromatic carbocycles. The highest BCUT2D eigenvalue weighted by atomic mass is 15.2. The highest BCUT2D eigenvalue weighted by Crippen LogP contribution is 2.17. The van der Waals surface area contributed by atoms with Crippen molar-refractivity contribution in [2.45, 2.75) is 44.4 Å². The molecule has 5 rings (SSSR count). The van der Waals surface area contributed by atoms with Gasteiger partial charge in [-0.1, -0.05) is 42.5 Å². The lowest BCUT2D eigenvalue weighted by atomic mass is 10.1. The molecule has 32 heavy (non-hydrogen) atoms. The summed E-state index contributed by atoms with van der Waals surface area (Å²) in [4.78, 5) is 15.6. The minimum atomic E-state index is 0.192. The Morgan fingerprint density at radius 1 is 1.22 bits per heavy atom. The van der Waals surface area contributed by atoms with Gasteiger partial charge in [0.15, 0.2) is 0 Å². The van der Waals surface area contributed by atoms with Gasteiger partial charge in [0.2, 0.25) is 0 Å². The van der Waals surface area contributed by atoms with Crippen LogP contribution >= 0.6 is 0 Å². The number of allylic oxidation sites excluding steroid dienone is 5. The summed E-state index contributed by atoms with van der Waals surface area (Å²) in [5.41, 5.74) is 10.2. The molecule has 3 aliphatic rings. The third-order valence-electron chi connectivity index (χ3n) is 6.09. The van der Waals surface area contributed by atoms with Crippen LogP contribution in [0.4, 0.5) is 0 Å². The maximum Gasteiger partial charge on any atom is 0.121 e. The first kappa shape index (κ1) is 20.6. The highest BCUT2D eigenvalue weighted by molar-refractivity contribution is 5.87.